The Bertz CT molecular complexity index is 481. The van der Waals surface area contributed by atoms with Crippen LogP contribution in [0.1, 0.15) is 13.3 Å². The number of rotatable bonds is 3. The summed E-state index contributed by atoms with van der Waals surface area (Å²) in [7, 11) is 0. The average molecular weight is 315 g/mol. The fourth-order valence-electron chi connectivity index (χ4n) is 2.02. The molecule has 0 saturated carbocycles. The van der Waals surface area contributed by atoms with Crippen LogP contribution in [0.4, 0.5) is 11.6 Å². The van der Waals surface area contributed by atoms with Gasteiger partial charge >= 0.3 is 0 Å². The van der Waals surface area contributed by atoms with Crippen molar-refractivity contribution in [1.82, 2.24) is 9.97 Å². The van der Waals surface area contributed by atoms with Gasteiger partial charge in [0, 0.05) is 13.1 Å². The van der Waals surface area contributed by atoms with Gasteiger partial charge in [0.05, 0.1) is 5.41 Å². The molecule has 0 aromatic carbocycles. The molecule has 1 fully saturated rings. The van der Waals surface area contributed by atoms with E-state index in [1.54, 1.807) is 0 Å². The average Bonchev–Trinajstić information content (AvgIpc) is 2.73. The van der Waals surface area contributed by atoms with Crippen molar-refractivity contribution in [2.45, 2.75) is 13.3 Å². The van der Waals surface area contributed by atoms with Crippen LogP contribution in [0, 0.1) is 5.41 Å². The number of anilines is 2. The Morgan fingerprint density at radius 2 is 2.33 bits per heavy atom. The Labute approximate surface area is 113 Å². The number of carbonyl (C=O) groups excluding carboxylic acids is 1. The van der Waals surface area contributed by atoms with Gasteiger partial charge in [-0.15, -0.1) is 0 Å². The maximum Gasteiger partial charge on any atom is 0.225 e. The number of carbonyl (C=O) groups is 1. The van der Waals surface area contributed by atoms with Crippen LogP contribution in [0.15, 0.2) is 10.8 Å². The number of primary amides is 1. The molecule has 1 aliphatic rings. The minimum atomic E-state index is -0.513. The zero-order valence-electron chi connectivity index (χ0n) is 9.98. The summed E-state index contributed by atoms with van der Waals surface area (Å²) in [5.41, 5.74) is 7.40. The number of nitrogens with two attached hydrogens (primary N) is 2. The molecule has 2 rings (SSSR count). The molecule has 8 heteroatoms. The number of nitrogen functional groups attached to an aromatic ring is 1. The number of hydrogen-bond acceptors (Lipinski definition) is 6. The molecule has 1 aromatic rings. The van der Waals surface area contributed by atoms with Crippen LogP contribution < -0.4 is 21.9 Å². The first kappa shape index (κ1) is 13.0. The molecule has 0 radical (unpaired) electrons. The zero-order valence-corrected chi connectivity index (χ0v) is 11.6. The minimum Gasteiger partial charge on any atom is -0.369 e. The van der Waals surface area contributed by atoms with E-state index in [9.17, 15) is 4.79 Å². The first-order valence-electron chi connectivity index (χ1n) is 5.50. The normalized spacial score (nSPS) is 23.2. The highest BCUT2D eigenvalue weighted by atomic mass is 79.9. The van der Waals surface area contributed by atoms with Crippen molar-refractivity contribution >= 4 is 33.5 Å². The van der Waals surface area contributed by atoms with E-state index in [1.807, 2.05) is 11.8 Å². The van der Waals surface area contributed by atoms with Gasteiger partial charge in [-0.2, -0.15) is 0 Å². The van der Waals surface area contributed by atoms with Crippen molar-refractivity contribution in [3.05, 3.63) is 10.8 Å². The quantitative estimate of drug-likeness (QED) is 0.544. The molecule has 1 saturated heterocycles. The number of hydrazine groups is 1. The Morgan fingerprint density at radius 1 is 1.61 bits per heavy atom. The monoisotopic (exact) mass is 314 g/mol. The summed E-state index contributed by atoms with van der Waals surface area (Å²) in [4.78, 5) is 21.6. The molecule has 0 spiro atoms. The molecule has 0 aliphatic carbocycles. The lowest BCUT2D eigenvalue weighted by Crippen LogP contribution is -2.37. The van der Waals surface area contributed by atoms with Crippen molar-refractivity contribution in [3.8, 4) is 0 Å². The van der Waals surface area contributed by atoms with Crippen LogP contribution >= 0.6 is 15.9 Å². The number of halogens is 1. The highest BCUT2D eigenvalue weighted by Crippen LogP contribution is 2.36. The number of nitrogens with zero attached hydrogens (tertiary/aromatic N) is 3. The van der Waals surface area contributed by atoms with Gasteiger partial charge in [-0.1, -0.05) is 0 Å². The lowest BCUT2D eigenvalue weighted by molar-refractivity contribution is -0.125. The van der Waals surface area contributed by atoms with Gasteiger partial charge < -0.3 is 16.1 Å². The van der Waals surface area contributed by atoms with E-state index >= 15 is 0 Å². The second kappa shape index (κ2) is 4.69. The van der Waals surface area contributed by atoms with Gasteiger partial charge in [0.15, 0.2) is 5.82 Å². The Morgan fingerprint density at radius 3 is 2.89 bits per heavy atom. The van der Waals surface area contributed by atoms with E-state index in [0.29, 0.717) is 29.1 Å². The molecule has 1 aliphatic heterocycles. The van der Waals surface area contributed by atoms with E-state index in [1.165, 1.54) is 6.33 Å². The Balaban J connectivity index is 2.27. The molecule has 98 valence electrons. The summed E-state index contributed by atoms with van der Waals surface area (Å²) >= 11 is 3.40. The molecular formula is C10H15BrN6O. The summed E-state index contributed by atoms with van der Waals surface area (Å²) in [5.74, 6) is 6.29. The summed E-state index contributed by atoms with van der Waals surface area (Å²) in [6.45, 7) is 3.13. The molecule has 5 N–H and O–H groups in total. The van der Waals surface area contributed by atoms with Crippen molar-refractivity contribution in [2.24, 2.45) is 17.0 Å². The van der Waals surface area contributed by atoms with Crippen LogP contribution in [-0.4, -0.2) is 29.0 Å². The Hall–Kier alpha value is -1.41. The summed E-state index contributed by atoms with van der Waals surface area (Å²) in [6, 6.07) is 0. The molecule has 0 bridgehead atoms. The molecule has 1 unspecified atom stereocenters. The standard InChI is InChI=1S/C10H15BrN6O/c1-10(9(12)18)2-3-17(4-10)8-6(11)7(16-13)14-5-15-8/h5H,2-4,13H2,1H3,(H2,12,18)(H,14,15,16). The van der Waals surface area contributed by atoms with Crippen LogP contribution in [0.25, 0.3) is 0 Å². The highest BCUT2D eigenvalue weighted by Gasteiger charge is 2.40. The molecule has 1 atom stereocenters. The highest BCUT2D eigenvalue weighted by molar-refractivity contribution is 9.10. The molecule has 1 aromatic heterocycles. The molecule has 1 amide bonds. The predicted octanol–water partition coefficient (Wildman–Crippen LogP) is 0.226. The van der Waals surface area contributed by atoms with Gasteiger partial charge in [-0.25, -0.2) is 15.8 Å². The maximum atomic E-state index is 11.4. The second-order valence-corrected chi connectivity index (χ2v) is 5.39. The topological polar surface area (TPSA) is 110 Å². The van der Waals surface area contributed by atoms with Crippen molar-refractivity contribution in [3.63, 3.8) is 0 Å². The van der Waals surface area contributed by atoms with Crippen LogP contribution in [0.2, 0.25) is 0 Å². The van der Waals surface area contributed by atoms with Gasteiger partial charge in [0.1, 0.15) is 16.6 Å². The first-order chi connectivity index (χ1) is 8.48. The molecular weight excluding hydrogens is 300 g/mol. The van der Waals surface area contributed by atoms with Crippen LogP contribution in [-0.2, 0) is 4.79 Å². The van der Waals surface area contributed by atoms with Gasteiger partial charge in [0.2, 0.25) is 5.91 Å². The lowest BCUT2D eigenvalue weighted by Gasteiger charge is -2.22. The van der Waals surface area contributed by atoms with E-state index in [0.717, 1.165) is 6.54 Å². The third-order valence-electron chi connectivity index (χ3n) is 3.28. The van der Waals surface area contributed by atoms with E-state index in [2.05, 4.69) is 31.3 Å². The lowest BCUT2D eigenvalue weighted by atomic mass is 9.89. The van der Waals surface area contributed by atoms with Crippen LogP contribution in [0.3, 0.4) is 0 Å². The number of amides is 1. The van der Waals surface area contributed by atoms with E-state index in [-0.39, 0.29) is 5.91 Å². The van der Waals surface area contributed by atoms with Gasteiger partial charge in [-0.05, 0) is 29.3 Å². The summed E-state index contributed by atoms with van der Waals surface area (Å²) < 4.78 is 0.682. The summed E-state index contributed by atoms with van der Waals surface area (Å²) in [6.07, 6.45) is 2.14. The second-order valence-electron chi connectivity index (χ2n) is 4.60. The first-order valence-corrected chi connectivity index (χ1v) is 6.29. The fourth-order valence-corrected chi connectivity index (χ4v) is 2.59. The van der Waals surface area contributed by atoms with Gasteiger partial charge in [-0.3, -0.25) is 4.79 Å². The van der Waals surface area contributed by atoms with Crippen molar-refractivity contribution < 1.29 is 4.79 Å². The number of hydrogen-bond donors (Lipinski definition) is 3. The van der Waals surface area contributed by atoms with Gasteiger partial charge in [0.25, 0.3) is 0 Å². The fraction of sp³-hybridized carbons (Fsp3) is 0.500. The number of aromatic nitrogens is 2. The van der Waals surface area contributed by atoms with E-state index in [4.69, 9.17) is 11.6 Å². The molecule has 7 nitrogen and oxygen atoms in total. The smallest absolute Gasteiger partial charge is 0.225 e. The predicted molar refractivity (Wildman–Crippen MR) is 71.7 cm³/mol. The minimum absolute atomic E-state index is 0.285. The van der Waals surface area contributed by atoms with E-state index < -0.39 is 5.41 Å². The summed E-state index contributed by atoms with van der Waals surface area (Å²) in [5, 5.41) is 0. The van der Waals surface area contributed by atoms with Crippen molar-refractivity contribution in [2.75, 3.05) is 23.4 Å². The Kier molecular flexibility index (Phi) is 3.40. The molecule has 2 heterocycles. The van der Waals surface area contributed by atoms with Crippen molar-refractivity contribution in [1.29, 1.82) is 0 Å². The third kappa shape index (κ3) is 2.13. The third-order valence-corrected chi connectivity index (χ3v) is 4.01. The SMILES string of the molecule is CC1(C(N)=O)CCN(c2ncnc(NN)c2Br)C1. The number of nitrogens with one attached hydrogen (secondary N) is 1. The van der Waals surface area contributed by atoms with Crippen LogP contribution in [0.5, 0.6) is 0 Å². The molecule has 18 heavy (non-hydrogen) atoms. The largest absolute Gasteiger partial charge is 0.369 e. The zero-order chi connectivity index (χ0) is 13.3. The maximum absolute atomic E-state index is 11.4.